The summed E-state index contributed by atoms with van der Waals surface area (Å²) in [4.78, 5) is 27.7. The molecule has 5 rings (SSSR count). The summed E-state index contributed by atoms with van der Waals surface area (Å²) < 4.78 is 0. The van der Waals surface area contributed by atoms with E-state index in [-0.39, 0.29) is 5.91 Å². The number of hydrogen-bond donors (Lipinski definition) is 0. The maximum Gasteiger partial charge on any atom is 0.260 e. The number of carbonyl (C=O) groups is 1. The van der Waals surface area contributed by atoms with E-state index in [2.05, 4.69) is 27.1 Å². The van der Waals surface area contributed by atoms with Gasteiger partial charge in [-0.3, -0.25) is 9.78 Å². The summed E-state index contributed by atoms with van der Waals surface area (Å²) in [5.41, 5.74) is 5.48. The second-order valence-electron chi connectivity index (χ2n) is 6.21. The van der Waals surface area contributed by atoms with Crippen LogP contribution in [0.2, 0.25) is 0 Å². The molecule has 4 aromatic rings. The molecular weight excluding hydrogens is 324 g/mol. The average molecular weight is 338 g/mol. The van der Waals surface area contributed by atoms with E-state index >= 15 is 0 Å². The van der Waals surface area contributed by atoms with Gasteiger partial charge in [-0.15, -0.1) is 0 Å². The minimum Gasteiger partial charge on any atom is -0.303 e. The predicted molar refractivity (Wildman–Crippen MR) is 99.7 cm³/mol. The summed E-state index contributed by atoms with van der Waals surface area (Å²) >= 11 is 0. The Balaban J connectivity index is 1.77. The van der Waals surface area contributed by atoms with Crippen molar-refractivity contribution in [2.45, 2.75) is 6.54 Å². The molecule has 0 saturated carbocycles. The first-order valence-electron chi connectivity index (χ1n) is 8.36. The highest BCUT2D eigenvalue weighted by Gasteiger charge is 2.28. The van der Waals surface area contributed by atoms with E-state index in [4.69, 9.17) is 0 Å². The topological polar surface area (TPSA) is 59.0 Å². The maximum absolute atomic E-state index is 13.2. The van der Waals surface area contributed by atoms with Crippen molar-refractivity contribution in [2.24, 2.45) is 0 Å². The second kappa shape index (κ2) is 5.74. The number of aromatic nitrogens is 3. The normalized spacial score (nSPS) is 12.5. The number of rotatable bonds is 1. The Morgan fingerprint density at radius 3 is 2.77 bits per heavy atom. The fourth-order valence-corrected chi connectivity index (χ4v) is 3.52. The first kappa shape index (κ1) is 14.7. The molecule has 0 N–H and O–H groups in total. The van der Waals surface area contributed by atoms with Crippen molar-refractivity contribution < 1.29 is 4.79 Å². The molecule has 0 fully saturated rings. The number of benzene rings is 2. The van der Waals surface area contributed by atoms with Crippen molar-refractivity contribution in [3.63, 3.8) is 0 Å². The molecule has 124 valence electrons. The molecule has 2 aromatic carbocycles. The van der Waals surface area contributed by atoms with Crippen molar-refractivity contribution in [3.05, 3.63) is 84.6 Å². The Morgan fingerprint density at radius 2 is 1.88 bits per heavy atom. The van der Waals surface area contributed by atoms with Crippen LogP contribution in [0.25, 0.3) is 22.0 Å². The first-order valence-corrected chi connectivity index (χ1v) is 8.36. The third-order valence-corrected chi connectivity index (χ3v) is 4.71. The fourth-order valence-electron chi connectivity index (χ4n) is 3.52. The van der Waals surface area contributed by atoms with Gasteiger partial charge in [-0.25, -0.2) is 9.97 Å². The first-order chi connectivity index (χ1) is 12.8. The van der Waals surface area contributed by atoms with Crippen LogP contribution in [0.5, 0.6) is 0 Å². The predicted octanol–water partition coefficient (Wildman–Crippen LogP) is 3.85. The van der Waals surface area contributed by atoms with Crippen molar-refractivity contribution in [3.8, 4) is 11.1 Å². The van der Waals surface area contributed by atoms with Gasteiger partial charge in [0.2, 0.25) is 0 Å². The molecule has 1 aliphatic heterocycles. The fraction of sp³-hybridized carbons (Fsp3) is 0.0476. The van der Waals surface area contributed by atoms with Gasteiger partial charge in [0, 0.05) is 29.5 Å². The van der Waals surface area contributed by atoms with Crippen LogP contribution in [-0.2, 0) is 6.54 Å². The van der Waals surface area contributed by atoms with Crippen LogP contribution in [0.15, 0.2) is 73.4 Å². The lowest BCUT2D eigenvalue weighted by Crippen LogP contribution is -2.33. The molecule has 0 unspecified atom stereocenters. The molecular formula is C21H14N4O. The Morgan fingerprint density at radius 1 is 0.962 bits per heavy atom. The smallest absolute Gasteiger partial charge is 0.260 e. The van der Waals surface area contributed by atoms with Crippen molar-refractivity contribution in [1.82, 2.24) is 15.0 Å². The van der Waals surface area contributed by atoms with Gasteiger partial charge in [-0.1, -0.05) is 24.3 Å². The molecule has 0 radical (unpaired) electrons. The van der Waals surface area contributed by atoms with E-state index in [1.54, 1.807) is 42.0 Å². The summed E-state index contributed by atoms with van der Waals surface area (Å²) in [5, 5.41) is 0.955. The molecule has 3 heterocycles. The van der Waals surface area contributed by atoms with Gasteiger partial charge in [0.25, 0.3) is 5.91 Å². The van der Waals surface area contributed by atoms with Crippen molar-refractivity contribution in [1.29, 1.82) is 0 Å². The molecule has 0 atom stereocenters. The highest BCUT2D eigenvalue weighted by Crippen LogP contribution is 2.43. The molecule has 0 bridgehead atoms. The van der Waals surface area contributed by atoms with Crippen LogP contribution in [0.4, 0.5) is 5.69 Å². The minimum atomic E-state index is -0.0674. The number of amides is 1. The summed E-state index contributed by atoms with van der Waals surface area (Å²) in [6, 6.07) is 15.7. The number of fused-ring (bicyclic) bond motifs is 5. The van der Waals surface area contributed by atoms with Crippen LogP contribution >= 0.6 is 0 Å². The van der Waals surface area contributed by atoms with E-state index in [1.807, 2.05) is 24.3 Å². The number of anilines is 1. The van der Waals surface area contributed by atoms with Gasteiger partial charge in [0.05, 0.1) is 23.3 Å². The monoisotopic (exact) mass is 338 g/mol. The van der Waals surface area contributed by atoms with E-state index in [0.717, 1.165) is 33.3 Å². The van der Waals surface area contributed by atoms with E-state index in [0.29, 0.717) is 12.1 Å². The number of hydrogen-bond acceptors (Lipinski definition) is 4. The van der Waals surface area contributed by atoms with Crippen LogP contribution in [0.1, 0.15) is 15.9 Å². The lowest BCUT2D eigenvalue weighted by Gasteiger charge is -2.31. The van der Waals surface area contributed by atoms with E-state index < -0.39 is 0 Å². The molecule has 2 aromatic heterocycles. The molecule has 26 heavy (non-hydrogen) atoms. The van der Waals surface area contributed by atoms with Gasteiger partial charge in [-0.05, 0) is 35.4 Å². The van der Waals surface area contributed by atoms with Crippen LogP contribution < -0.4 is 4.90 Å². The highest BCUT2D eigenvalue weighted by atomic mass is 16.2. The van der Waals surface area contributed by atoms with Crippen LogP contribution in [0, 0.1) is 0 Å². The molecule has 1 amide bonds. The highest BCUT2D eigenvalue weighted by molar-refractivity contribution is 6.12. The molecule has 0 aliphatic carbocycles. The Hall–Kier alpha value is -3.60. The largest absolute Gasteiger partial charge is 0.303 e. The third kappa shape index (κ3) is 2.18. The summed E-state index contributed by atoms with van der Waals surface area (Å²) in [6.45, 7) is 0.521. The van der Waals surface area contributed by atoms with Gasteiger partial charge in [-0.2, -0.15) is 0 Å². The summed E-state index contributed by atoms with van der Waals surface area (Å²) in [6.07, 6.45) is 6.62. The summed E-state index contributed by atoms with van der Waals surface area (Å²) in [7, 11) is 0. The number of nitrogens with zero attached hydrogens (tertiary/aromatic N) is 4. The quantitative estimate of drug-likeness (QED) is 0.529. The van der Waals surface area contributed by atoms with Crippen molar-refractivity contribution in [2.75, 3.05) is 4.90 Å². The number of pyridine rings is 1. The van der Waals surface area contributed by atoms with Gasteiger partial charge < -0.3 is 4.90 Å². The van der Waals surface area contributed by atoms with Crippen molar-refractivity contribution >= 4 is 22.5 Å². The Kier molecular flexibility index (Phi) is 3.25. The zero-order valence-electron chi connectivity index (χ0n) is 13.8. The third-order valence-electron chi connectivity index (χ3n) is 4.71. The van der Waals surface area contributed by atoms with Crippen LogP contribution in [0.3, 0.4) is 0 Å². The molecule has 1 aliphatic rings. The average Bonchev–Trinajstić information content (AvgIpc) is 2.73. The SMILES string of the molecule is O=C(c1cccnc1)N1Cc2ccccc2-c2c1ccc1cncnc21. The lowest BCUT2D eigenvalue weighted by molar-refractivity contribution is 0.0984. The van der Waals surface area contributed by atoms with E-state index in [9.17, 15) is 4.79 Å². The Bertz CT molecular complexity index is 1140. The van der Waals surface area contributed by atoms with E-state index in [1.165, 1.54) is 0 Å². The molecule has 0 saturated heterocycles. The lowest BCUT2D eigenvalue weighted by atomic mass is 9.91. The zero-order valence-corrected chi connectivity index (χ0v) is 13.8. The standard InChI is InChI=1S/C21H14N4O/c26-21(15-5-3-9-22-11-15)25-12-16-4-1-2-6-17(16)19-18(25)8-7-14-10-23-13-24-20(14)19/h1-11,13H,12H2. The molecule has 5 nitrogen and oxygen atoms in total. The zero-order chi connectivity index (χ0) is 17.5. The molecule has 0 spiro atoms. The minimum absolute atomic E-state index is 0.0674. The van der Waals surface area contributed by atoms with Gasteiger partial charge in [0.15, 0.2) is 0 Å². The molecule has 5 heteroatoms. The van der Waals surface area contributed by atoms with Gasteiger partial charge >= 0.3 is 0 Å². The maximum atomic E-state index is 13.2. The van der Waals surface area contributed by atoms with Gasteiger partial charge in [0.1, 0.15) is 6.33 Å². The van der Waals surface area contributed by atoms with Crippen LogP contribution in [-0.4, -0.2) is 20.9 Å². The number of carbonyl (C=O) groups excluding carboxylic acids is 1. The summed E-state index contributed by atoms with van der Waals surface area (Å²) in [5.74, 6) is -0.0674. The second-order valence-corrected chi connectivity index (χ2v) is 6.21. The Labute approximate surface area is 150 Å².